The zero-order valence-corrected chi connectivity index (χ0v) is 21.5. The highest BCUT2D eigenvalue weighted by Gasteiger charge is 2.43. The predicted octanol–water partition coefficient (Wildman–Crippen LogP) is 3.77. The number of carbonyl (C=O) groups excluding carboxylic acids is 2. The lowest BCUT2D eigenvalue weighted by molar-refractivity contribution is 0.00710. The molecule has 3 fully saturated rings. The number of furan rings is 1. The Morgan fingerprint density at radius 3 is 2.21 bits per heavy atom. The van der Waals surface area contributed by atoms with Gasteiger partial charge in [0.05, 0.1) is 12.1 Å². The van der Waals surface area contributed by atoms with Gasteiger partial charge in [-0.15, -0.1) is 0 Å². The molecule has 3 aliphatic heterocycles. The van der Waals surface area contributed by atoms with E-state index in [4.69, 9.17) is 9.15 Å². The van der Waals surface area contributed by atoms with Gasteiger partial charge < -0.3 is 19.0 Å². The van der Waals surface area contributed by atoms with E-state index in [1.165, 1.54) is 10.4 Å². The summed E-state index contributed by atoms with van der Waals surface area (Å²) in [5.74, 6) is -0.0317. The van der Waals surface area contributed by atoms with Crippen molar-refractivity contribution in [1.29, 1.82) is 0 Å². The molecule has 0 N–H and O–H groups in total. The molecule has 3 saturated heterocycles. The molecular weight excluding hydrogens is 458 g/mol. The summed E-state index contributed by atoms with van der Waals surface area (Å²) in [7, 11) is -3.68. The largest absolute Gasteiger partial charge is 0.455 e. The second-order valence-electron chi connectivity index (χ2n) is 10.6. The SMILES string of the molecule is Cc1oc(C(=O)N2CCCC[C@H]2[C@H]2CCCN2C(=O)OC(C)(C)C)cc1S(=O)(=O)N1CCCC1. The maximum atomic E-state index is 13.6. The highest BCUT2D eigenvalue weighted by atomic mass is 32.2. The molecule has 4 heterocycles. The Balaban J connectivity index is 1.56. The fraction of sp³-hybridized carbons (Fsp3) is 0.750. The van der Waals surface area contributed by atoms with Gasteiger partial charge in [-0.1, -0.05) is 0 Å². The number of ether oxygens (including phenoxy) is 1. The number of rotatable bonds is 4. The molecule has 1 aromatic heterocycles. The normalized spacial score (nSPS) is 24.6. The molecule has 0 spiro atoms. The molecule has 1 aromatic rings. The van der Waals surface area contributed by atoms with Crippen LogP contribution in [0.25, 0.3) is 0 Å². The average Bonchev–Trinajstić information content (AvgIpc) is 3.52. The van der Waals surface area contributed by atoms with Crippen LogP contribution >= 0.6 is 0 Å². The van der Waals surface area contributed by atoms with Crippen LogP contribution in [-0.2, 0) is 14.8 Å². The van der Waals surface area contributed by atoms with Crippen molar-refractivity contribution in [2.45, 2.75) is 95.2 Å². The fourth-order valence-electron chi connectivity index (χ4n) is 5.39. The van der Waals surface area contributed by atoms with Crippen molar-refractivity contribution in [3.63, 3.8) is 0 Å². The zero-order chi connectivity index (χ0) is 24.7. The highest BCUT2D eigenvalue weighted by Crippen LogP contribution is 2.33. The number of piperidine rings is 1. The van der Waals surface area contributed by atoms with Crippen molar-refractivity contribution in [2.24, 2.45) is 0 Å². The first-order valence-electron chi connectivity index (χ1n) is 12.4. The number of nitrogens with zero attached hydrogens (tertiary/aromatic N) is 3. The van der Waals surface area contributed by atoms with E-state index in [1.54, 1.807) is 16.7 Å². The first kappa shape index (κ1) is 25.0. The number of sulfonamides is 1. The Kier molecular flexibility index (Phi) is 7.01. The van der Waals surface area contributed by atoms with Gasteiger partial charge in [0.1, 0.15) is 16.3 Å². The Hall–Kier alpha value is -2.07. The summed E-state index contributed by atoms with van der Waals surface area (Å²) >= 11 is 0. The number of amides is 2. The molecule has 0 radical (unpaired) electrons. The van der Waals surface area contributed by atoms with E-state index in [-0.39, 0.29) is 40.5 Å². The van der Waals surface area contributed by atoms with Crippen LogP contribution in [0.3, 0.4) is 0 Å². The number of aryl methyl sites for hydroxylation is 1. The predicted molar refractivity (Wildman–Crippen MR) is 126 cm³/mol. The molecule has 190 valence electrons. The Morgan fingerprint density at radius 1 is 0.941 bits per heavy atom. The van der Waals surface area contributed by atoms with Crippen LogP contribution in [0, 0.1) is 6.92 Å². The minimum absolute atomic E-state index is 0.0454. The number of hydrogen-bond acceptors (Lipinski definition) is 6. The van der Waals surface area contributed by atoms with E-state index in [1.807, 2.05) is 20.8 Å². The summed E-state index contributed by atoms with van der Waals surface area (Å²) < 4.78 is 38.9. The summed E-state index contributed by atoms with van der Waals surface area (Å²) in [4.78, 5) is 30.0. The van der Waals surface area contributed by atoms with Crippen molar-refractivity contribution in [2.75, 3.05) is 26.2 Å². The summed E-state index contributed by atoms with van der Waals surface area (Å²) in [5, 5.41) is 0. The van der Waals surface area contributed by atoms with Crippen molar-refractivity contribution >= 4 is 22.0 Å². The number of carbonyl (C=O) groups is 2. The van der Waals surface area contributed by atoms with E-state index in [0.29, 0.717) is 26.2 Å². The van der Waals surface area contributed by atoms with Gasteiger partial charge in [0.25, 0.3) is 5.91 Å². The van der Waals surface area contributed by atoms with Crippen molar-refractivity contribution in [1.82, 2.24) is 14.1 Å². The Morgan fingerprint density at radius 2 is 1.53 bits per heavy atom. The minimum atomic E-state index is -3.68. The molecule has 0 aromatic carbocycles. The van der Waals surface area contributed by atoms with Gasteiger partial charge in [0.15, 0.2) is 5.76 Å². The van der Waals surface area contributed by atoms with Gasteiger partial charge in [-0.25, -0.2) is 13.2 Å². The van der Waals surface area contributed by atoms with E-state index < -0.39 is 15.6 Å². The topological polar surface area (TPSA) is 100 Å². The van der Waals surface area contributed by atoms with Crippen LogP contribution in [0.2, 0.25) is 0 Å². The monoisotopic (exact) mass is 495 g/mol. The molecule has 4 rings (SSSR count). The van der Waals surface area contributed by atoms with E-state index in [0.717, 1.165) is 44.9 Å². The first-order chi connectivity index (χ1) is 16.0. The second kappa shape index (κ2) is 9.53. The molecule has 3 aliphatic rings. The number of likely N-dealkylation sites (tertiary alicyclic amines) is 2. The van der Waals surface area contributed by atoms with Crippen LogP contribution < -0.4 is 0 Å². The minimum Gasteiger partial charge on any atom is -0.455 e. The molecule has 2 amide bonds. The third kappa shape index (κ3) is 4.98. The zero-order valence-electron chi connectivity index (χ0n) is 20.7. The van der Waals surface area contributed by atoms with Gasteiger partial charge in [0.2, 0.25) is 10.0 Å². The van der Waals surface area contributed by atoms with Crippen molar-refractivity contribution < 1.29 is 27.2 Å². The van der Waals surface area contributed by atoms with Crippen LogP contribution in [-0.4, -0.2) is 78.4 Å². The standard InChI is InChI=1S/C24H37N3O6S/c1-17-21(34(30,31)25-12-7-8-13-25)16-20(32-17)22(28)26-14-6-5-10-18(26)19-11-9-15-27(19)23(29)33-24(2,3)4/h16,18-19H,5-15H2,1-4H3/t18-,19+/m0/s1. The number of hydrogen-bond donors (Lipinski definition) is 0. The third-order valence-corrected chi connectivity index (χ3v) is 8.95. The molecule has 9 nitrogen and oxygen atoms in total. The van der Waals surface area contributed by atoms with Crippen molar-refractivity contribution in [3.05, 3.63) is 17.6 Å². The maximum Gasteiger partial charge on any atom is 0.410 e. The summed E-state index contributed by atoms with van der Waals surface area (Å²) in [5.41, 5.74) is -0.588. The van der Waals surface area contributed by atoms with Crippen LogP contribution in [0.15, 0.2) is 15.4 Å². The molecule has 0 unspecified atom stereocenters. The highest BCUT2D eigenvalue weighted by molar-refractivity contribution is 7.89. The molecule has 0 saturated carbocycles. The summed E-state index contributed by atoms with van der Waals surface area (Å²) in [6.45, 7) is 9.28. The third-order valence-electron chi connectivity index (χ3n) is 6.95. The Bertz CT molecular complexity index is 1020. The van der Waals surface area contributed by atoms with Crippen LogP contribution in [0.1, 0.15) is 82.0 Å². The molecule has 0 bridgehead atoms. The molecule has 34 heavy (non-hydrogen) atoms. The van der Waals surface area contributed by atoms with Gasteiger partial charge in [-0.05, 0) is 72.6 Å². The molecule has 2 atom stereocenters. The van der Waals surface area contributed by atoms with Crippen LogP contribution in [0.4, 0.5) is 4.79 Å². The lowest BCUT2D eigenvalue weighted by atomic mass is 9.93. The quantitative estimate of drug-likeness (QED) is 0.630. The lowest BCUT2D eigenvalue weighted by Crippen LogP contribution is -2.55. The average molecular weight is 496 g/mol. The van der Waals surface area contributed by atoms with Crippen LogP contribution in [0.5, 0.6) is 0 Å². The summed E-state index contributed by atoms with van der Waals surface area (Å²) in [6, 6.07) is 1.11. The molecule has 10 heteroatoms. The molecule has 0 aliphatic carbocycles. The molecular formula is C24H37N3O6S. The van der Waals surface area contributed by atoms with Crippen molar-refractivity contribution in [3.8, 4) is 0 Å². The summed E-state index contributed by atoms with van der Waals surface area (Å²) in [6.07, 6.45) is 5.62. The first-order valence-corrected chi connectivity index (χ1v) is 13.8. The maximum absolute atomic E-state index is 13.6. The van der Waals surface area contributed by atoms with Gasteiger partial charge in [-0.2, -0.15) is 4.31 Å². The van der Waals surface area contributed by atoms with E-state index in [2.05, 4.69) is 0 Å². The van der Waals surface area contributed by atoms with Gasteiger partial charge in [0, 0.05) is 32.2 Å². The van der Waals surface area contributed by atoms with E-state index >= 15 is 0 Å². The fourth-order valence-corrected chi connectivity index (χ4v) is 7.06. The Labute approximate surface area is 202 Å². The lowest BCUT2D eigenvalue weighted by Gasteiger charge is -2.42. The van der Waals surface area contributed by atoms with Gasteiger partial charge in [-0.3, -0.25) is 4.79 Å². The second-order valence-corrected chi connectivity index (χ2v) is 12.5. The van der Waals surface area contributed by atoms with E-state index in [9.17, 15) is 18.0 Å². The van der Waals surface area contributed by atoms with Gasteiger partial charge >= 0.3 is 6.09 Å². The smallest absolute Gasteiger partial charge is 0.410 e.